The van der Waals surface area contributed by atoms with Crippen LogP contribution in [0.25, 0.3) is 0 Å². The van der Waals surface area contributed by atoms with Gasteiger partial charge in [-0.2, -0.15) is 13.2 Å². The second kappa shape index (κ2) is 10.7. The zero-order valence-electron chi connectivity index (χ0n) is 13.6. The lowest BCUT2D eigenvalue weighted by atomic mass is 10.1. The molecule has 25 heavy (non-hydrogen) atoms. The van der Waals surface area contributed by atoms with Gasteiger partial charge in [-0.05, 0) is 24.6 Å². The highest BCUT2D eigenvalue weighted by Gasteiger charge is 2.31. The van der Waals surface area contributed by atoms with E-state index in [2.05, 4.69) is 16.0 Å². The van der Waals surface area contributed by atoms with Crippen LogP contribution in [0.3, 0.4) is 0 Å². The first-order valence-electron chi connectivity index (χ1n) is 7.50. The summed E-state index contributed by atoms with van der Waals surface area (Å²) in [7, 11) is 0. The molecular weight excluding hydrogens is 382 g/mol. The van der Waals surface area contributed by atoms with Gasteiger partial charge in [-0.3, -0.25) is 4.79 Å². The van der Waals surface area contributed by atoms with E-state index >= 15 is 0 Å². The van der Waals surface area contributed by atoms with Gasteiger partial charge in [-0.25, -0.2) is 0 Å². The quantitative estimate of drug-likeness (QED) is 0.705. The maximum absolute atomic E-state index is 12.9. The van der Waals surface area contributed by atoms with Gasteiger partial charge in [0.25, 0.3) is 5.91 Å². The molecule has 10 heteroatoms. The average Bonchev–Trinajstić information content (AvgIpc) is 2.53. The molecule has 1 amide bonds. The number of carbonyl (C=O) groups is 1. The first-order chi connectivity index (χ1) is 10.9. The number of hydrogen-bond acceptors (Lipinski definition) is 4. The summed E-state index contributed by atoms with van der Waals surface area (Å²) >= 11 is 0. The molecule has 5 nitrogen and oxygen atoms in total. The molecule has 0 aliphatic carbocycles. The van der Waals surface area contributed by atoms with E-state index in [9.17, 15) is 18.0 Å². The van der Waals surface area contributed by atoms with Gasteiger partial charge in [0.15, 0.2) is 0 Å². The number of morpholine rings is 1. The first-order valence-corrected chi connectivity index (χ1v) is 7.50. The molecule has 3 N–H and O–H groups in total. The highest BCUT2D eigenvalue weighted by atomic mass is 35.5. The number of halogens is 5. The van der Waals surface area contributed by atoms with Crippen LogP contribution in [0.15, 0.2) is 18.2 Å². The minimum Gasteiger partial charge on any atom is -0.383 e. The van der Waals surface area contributed by atoms with E-state index in [4.69, 9.17) is 4.74 Å². The Hall–Kier alpha value is -1.22. The Morgan fingerprint density at radius 2 is 2.04 bits per heavy atom. The predicted octanol–water partition coefficient (Wildman–Crippen LogP) is 3.30. The van der Waals surface area contributed by atoms with Crippen molar-refractivity contribution in [2.24, 2.45) is 0 Å². The Labute approximate surface area is 156 Å². The molecule has 1 aromatic rings. The van der Waals surface area contributed by atoms with Crippen LogP contribution in [0.5, 0.6) is 0 Å². The van der Waals surface area contributed by atoms with Crippen LogP contribution in [0.4, 0.5) is 24.5 Å². The van der Waals surface area contributed by atoms with Crippen LogP contribution in [0.2, 0.25) is 0 Å². The summed E-state index contributed by atoms with van der Waals surface area (Å²) in [4.78, 5) is 12.2. The summed E-state index contributed by atoms with van der Waals surface area (Å²) in [6.07, 6.45) is -4.37. The number of rotatable bonds is 5. The van der Waals surface area contributed by atoms with Crippen molar-refractivity contribution in [2.75, 3.05) is 36.9 Å². The van der Waals surface area contributed by atoms with Crippen LogP contribution in [-0.2, 0) is 15.7 Å². The molecule has 1 aliphatic heterocycles. The summed E-state index contributed by atoms with van der Waals surface area (Å²) in [5, 5.41) is 8.55. The van der Waals surface area contributed by atoms with Gasteiger partial charge in [0.1, 0.15) is 6.10 Å². The van der Waals surface area contributed by atoms with Crippen molar-refractivity contribution in [3.8, 4) is 0 Å². The minimum atomic E-state index is -4.47. The van der Waals surface area contributed by atoms with E-state index < -0.39 is 23.8 Å². The fourth-order valence-electron chi connectivity index (χ4n) is 2.18. The molecule has 0 saturated carbocycles. The maximum atomic E-state index is 12.9. The van der Waals surface area contributed by atoms with Gasteiger partial charge in [-0.1, -0.05) is 6.92 Å². The molecule has 2 rings (SSSR count). The van der Waals surface area contributed by atoms with Crippen molar-refractivity contribution in [1.82, 2.24) is 5.32 Å². The van der Waals surface area contributed by atoms with Crippen molar-refractivity contribution in [2.45, 2.75) is 25.6 Å². The molecular formula is C15H22Cl2F3N3O2. The highest BCUT2D eigenvalue weighted by Crippen LogP contribution is 2.34. The Morgan fingerprint density at radius 3 is 2.60 bits per heavy atom. The number of alkyl halides is 3. The molecule has 0 unspecified atom stereocenters. The summed E-state index contributed by atoms with van der Waals surface area (Å²) in [5.74, 6) is -0.462. The normalized spacial score (nSPS) is 17.0. The fourth-order valence-corrected chi connectivity index (χ4v) is 2.18. The Bertz CT molecular complexity index is 553. The molecule has 1 aromatic carbocycles. The summed E-state index contributed by atoms with van der Waals surface area (Å²) in [5.41, 5.74) is -0.248. The minimum absolute atomic E-state index is 0. The third-order valence-electron chi connectivity index (χ3n) is 3.39. The van der Waals surface area contributed by atoms with Crippen molar-refractivity contribution in [3.63, 3.8) is 0 Å². The van der Waals surface area contributed by atoms with E-state index in [1.54, 1.807) is 0 Å². The highest BCUT2D eigenvalue weighted by molar-refractivity contribution is 5.97. The number of nitrogens with one attached hydrogen (secondary N) is 3. The molecule has 0 spiro atoms. The SMILES string of the molecule is CCCNc1ccc(C(F)(F)F)cc1NC(=O)[C@H]1CNCCO1.Cl.Cl. The number of ether oxygens (including phenoxy) is 1. The van der Waals surface area contributed by atoms with E-state index in [0.717, 1.165) is 18.6 Å². The van der Waals surface area contributed by atoms with E-state index in [1.807, 2.05) is 6.92 Å². The largest absolute Gasteiger partial charge is 0.416 e. The third kappa shape index (κ3) is 6.89. The van der Waals surface area contributed by atoms with Gasteiger partial charge in [-0.15, -0.1) is 24.8 Å². The van der Waals surface area contributed by atoms with E-state index in [-0.39, 0.29) is 30.5 Å². The van der Waals surface area contributed by atoms with Crippen LogP contribution < -0.4 is 16.0 Å². The number of amides is 1. The molecule has 0 aromatic heterocycles. The lowest BCUT2D eigenvalue weighted by Gasteiger charge is -2.23. The van der Waals surface area contributed by atoms with Gasteiger partial charge < -0.3 is 20.7 Å². The van der Waals surface area contributed by atoms with Gasteiger partial charge in [0.05, 0.1) is 23.5 Å². The van der Waals surface area contributed by atoms with Gasteiger partial charge in [0.2, 0.25) is 0 Å². The number of hydrogen-bond donors (Lipinski definition) is 3. The molecule has 0 radical (unpaired) electrons. The molecule has 144 valence electrons. The summed E-state index contributed by atoms with van der Waals surface area (Å²) in [6.45, 7) is 3.91. The van der Waals surface area contributed by atoms with Crippen LogP contribution in [0, 0.1) is 0 Å². The number of anilines is 2. The lowest BCUT2D eigenvalue weighted by molar-refractivity contribution is -0.137. The monoisotopic (exact) mass is 403 g/mol. The van der Waals surface area contributed by atoms with E-state index in [1.165, 1.54) is 6.07 Å². The second-order valence-electron chi connectivity index (χ2n) is 5.24. The fraction of sp³-hybridized carbons (Fsp3) is 0.533. The zero-order valence-corrected chi connectivity index (χ0v) is 15.2. The number of carbonyl (C=O) groups excluding carboxylic acids is 1. The number of benzene rings is 1. The van der Waals surface area contributed by atoms with Crippen LogP contribution >= 0.6 is 24.8 Å². The lowest BCUT2D eigenvalue weighted by Crippen LogP contribution is -2.45. The van der Waals surface area contributed by atoms with E-state index in [0.29, 0.717) is 31.9 Å². The molecule has 1 fully saturated rings. The Kier molecular flexibility index (Phi) is 10.2. The third-order valence-corrected chi connectivity index (χ3v) is 3.39. The van der Waals surface area contributed by atoms with Crippen molar-refractivity contribution >= 4 is 42.1 Å². The standard InChI is InChI=1S/C15H20F3N3O2.2ClH/c1-2-5-20-11-4-3-10(15(16,17)18)8-12(11)21-14(22)13-9-19-6-7-23-13;;/h3-4,8,13,19-20H,2,5-7,9H2,1H3,(H,21,22);2*1H/t13-;;/m1../s1. The Balaban J connectivity index is 0.00000288. The average molecular weight is 404 g/mol. The molecule has 1 aliphatic rings. The maximum Gasteiger partial charge on any atom is 0.416 e. The molecule has 1 atom stereocenters. The zero-order chi connectivity index (χ0) is 16.9. The first kappa shape index (κ1) is 23.8. The summed E-state index contributed by atoms with van der Waals surface area (Å²) in [6, 6.07) is 3.26. The van der Waals surface area contributed by atoms with Gasteiger partial charge >= 0.3 is 6.18 Å². The Morgan fingerprint density at radius 1 is 1.32 bits per heavy atom. The van der Waals surface area contributed by atoms with Crippen molar-refractivity contribution in [3.05, 3.63) is 23.8 Å². The smallest absolute Gasteiger partial charge is 0.383 e. The molecule has 1 saturated heterocycles. The summed E-state index contributed by atoms with van der Waals surface area (Å²) < 4.78 is 43.9. The van der Waals surface area contributed by atoms with Crippen molar-refractivity contribution < 1.29 is 22.7 Å². The molecule has 1 heterocycles. The topological polar surface area (TPSA) is 62.4 Å². The van der Waals surface area contributed by atoms with Gasteiger partial charge in [0, 0.05) is 19.6 Å². The van der Waals surface area contributed by atoms with Crippen LogP contribution in [-0.4, -0.2) is 38.3 Å². The van der Waals surface area contributed by atoms with Crippen molar-refractivity contribution in [1.29, 1.82) is 0 Å². The van der Waals surface area contributed by atoms with Crippen LogP contribution in [0.1, 0.15) is 18.9 Å². The predicted molar refractivity (Wildman–Crippen MR) is 96.0 cm³/mol. The molecule has 0 bridgehead atoms. The second-order valence-corrected chi connectivity index (χ2v) is 5.24.